The Morgan fingerprint density at radius 3 is 2.38 bits per heavy atom. The van der Waals surface area contributed by atoms with Crippen LogP contribution in [0, 0.1) is 11.8 Å². The molecule has 1 amide bonds. The van der Waals surface area contributed by atoms with Crippen molar-refractivity contribution >= 4 is 5.91 Å². The molecule has 2 saturated carbocycles. The van der Waals surface area contributed by atoms with Crippen LogP contribution in [0.25, 0.3) is 0 Å². The van der Waals surface area contributed by atoms with Crippen molar-refractivity contribution in [1.29, 1.82) is 0 Å². The Bertz CT molecular complexity index is 716. The van der Waals surface area contributed by atoms with E-state index in [0.29, 0.717) is 17.8 Å². The highest BCUT2D eigenvalue weighted by molar-refractivity contribution is 5.82. The van der Waals surface area contributed by atoms with Crippen LogP contribution >= 0.6 is 0 Å². The van der Waals surface area contributed by atoms with Crippen molar-refractivity contribution in [2.45, 2.75) is 69.9 Å². The van der Waals surface area contributed by atoms with Crippen molar-refractivity contribution in [3.05, 3.63) is 23.8 Å². The molecule has 2 aliphatic carbocycles. The molecule has 0 aromatic heterocycles. The molecule has 4 rings (SSSR count). The maximum atomic E-state index is 13.1. The van der Waals surface area contributed by atoms with Crippen LogP contribution in [0.2, 0.25) is 0 Å². The van der Waals surface area contributed by atoms with Crippen LogP contribution in [0.15, 0.2) is 18.2 Å². The van der Waals surface area contributed by atoms with Crippen LogP contribution < -0.4 is 14.8 Å². The molecule has 160 valence electrons. The lowest BCUT2D eigenvalue weighted by Gasteiger charge is -2.55. The number of nitrogens with one attached hydrogen (secondary N) is 1. The Balaban J connectivity index is 1.51. The number of amides is 1. The zero-order valence-corrected chi connectivity index (χ0v) is 18.2. The minimum absolute atomic E-state index is 0.0380. The molecule has 5 heteroatoms. The summed E-state index contributed by atoms with van der Waals surface area (Å²) in [5, 5.41) is 3.47. The van der Waals surface area contributed by atoms with Gasteiger partial charge in [-0.1, -0.05) is 25.3 Å². The smallest absolute Gasteiger partial charge is 0.237 e. The average molecular weight is 401 g/mol. The number of fused-ring (bicyclic) bond motifs is 1. The molecule has 0 spiro atoms. The van der Waals surface area contributed by atoms with E-state index in [9.17, 15) is 4.79 Å². The number of ether oxygens (including phenoxy) is 2. The number of piperidine rings is 1. The largest absolute Gasteiger partial charge is 0.493 e. The lowest BCUT2D eigenvalue weighted by Crippen LogP contribution is -2.61. The van der Waals surface area contributed by atoms with E-state index in [-0.39, 0.29) is 18.0 Å². The Labute approximate surface area is 175 Å². The zero-order valence-electron chi connectivity index (χ0n) is 18.2. The summed E-state index contributed by atoms with van der Waals surface area (Å²) in [4.78, 5) is 15.5. The first kappa shape index (κ1) is 20.5. The van der Waals surface area contributed by atoms with E-state index in [0.717, 1.165) is 24.6 Å². The summed E-state index contributed by atoms with van der Waals surface area (Å²) < 4.78 is 11.0. The van der Waals surface area contributed by atoms with Gasteiger partial charge in [0.15, 0.2) is 11.5 Å². The number of carbonyl (C=O) groups is 1. The van der Waals surface area contributed by atoms with Gasteiger partial charge in [-0.2, -0.15) is 0 Å². The van der Waals surface area contributed by atoms with Crippen molar-refractivity contribution in [3.63, 3.8) is 0 Å². The van der Waals surface area contributed by atoms with Crippen LogP contribution in [-0.2, 0) is 4.79 Å². The van der Waals surface area contributed by atoms with E-state index in [4.69, 9.17) is 9.47 Å². The molecule has 1 aromatic rings. The summed E-state index contributed by atoms with van der Waals surface area (Å²) in [6.07, 6.45) is 8.79. The van der Waals surface area contributed by atoms with E-state index < -0.39 is 0 Å². The first-order valence-corrected chi connectivity index (χ1v) is 11.4. The van der Waals surface area contributed by atoms with E-state index in [1.165, 1.54) is 50.5 Å². The minimum atomic E-state index is -0.0380. The number of methoxy groups -OCH3 is 2. The van der Waals surface area contributed by atoms with E-state index in [1.807, 2.05) is 6.07 Å². The SMILES string of the molecule is COc1ccc([C@H]2C3CCCCC3[C@@H]2NC(=O)C(C)N2CCCCC2)cc1OC. The first-order valence-electron chi connectivity index (χ1n) is 11.4. The van der Waals surface area contributed by atoms with Gasteiger partial charge < -0.3 is 14.8 Å². The number of rotatable bonds is 6. The molecule has 3 aliphatic rings. The highest BCUT2D eigenvalue weighted by atomic mass is 16.5. The quantitative estimate of drug-likeness (QED) is 0.785. The van der Waals surface area contributed by atoms with Crippen LogP contribution in [0.3, 0.4) is 0 Å². The predicted octanol–water partition coefficient (Wildman–Crippen LogP) is 3.97. The number of likely N-dealkylation sites (tertiary alicyclic amines) is 1. The van der Waals surface area contributed by atoms with Crippen molar-refractivity contribution < 1.29 is 14.3 Å². The van der Waals surface area contributed by atoms with Crippen LogP contribution in [0.4, 0.5) is 0 Å². The Morgan fingerprint density at radius 1 is 1.00 bits per heavy atom. The summed E-state index contributed by atoms with van der Waals surface area (Å²) in [5.74, 6) is 3.38. The molecule has 1 heterocycles. The van der Waals surface area contributed by atoms with Gasteiger partial charge in [-0.15, -0.1) is 0 Å². The fraction of sp³-hybridized carbons (Fsp3) is 0.708. The topological polar surface area (TPSA) is 50.8 Å². The third-order valence-corrected chi connectivity index (χ3v) is 7.60. The van der Waals surface area contributed by atoms with Gasteiger partial charge in [-0.25, -0.2) is 0 Å². The monoisotopic (exact) mass is 400 g/mol. The second-order valence-electron chi connectivity index (χ2n) is 9.06. The lowest BCUT2D eigenvalue weighted by atomic mass is 9.53. The van der Waals surface area contributed by atoms with Crippen molar-refractivity contribution in [2.24, 2.45) is 11.8 Å². The summed E-state index contributed by atoms with van der Waals surface area (Å²) in [6, 6.07) is 6.47. The Kier molecular flexibility index (Phi) is 6.33. The highest BCUT2D eigenvalue weighted by Gasteiger charge is 2.52. The van der Waals surface area contributed by atoms with E-state index >= 15 is 0 Å². The van der Waals surface area contributed by atoms with Gasteiger partial charge in [0.05, 0.1) is 20.3 Å². The van der Waals surface area contributed by atoms with Gasteiger partial charge in [0.25, 0.3) is 0 Å². The normalized spacial score (nSPS) is 30.6. The van der Waals surface area contributed by atoms with Crippen LogP contribution in [0.5, 0.6) is 11.5 Å². The van der Waals surface area contributed by atoms with Gasteiger partial charge in [0.2, 0.25) is 5.91 Å². The standard InChI is InChI=1S/C24H36N2O3/c1-16(26-13-7-4-8-14-26)24(27)25-23-19-10-6-5-9-18(19)22(23)17-11-12-20(28-2)21(15-17)29-3/h11-12,15-16,18-19,22-23H,4-10,13-14H2,1-3H3,(H,25,27)/t16?,18?,19?,22-,23-/m0/s1. The molecule has 5 atom stereocenters. The predicted molar refractivity (Wildman–Crippen MR) is 115 cm³/mol. The molecular formula is C24H36N2O3. The Hall–Kier alpha value is -1.75. The molecule has 3 unspecified atom stereocenters. The molecule has 0 bridgehead atoms. The second-order valence-corrected chi connectivity index (χ2v) is 9.06. The molecule has 5 nitrogen and oxygen atoms in total. The van der Waals surface area contributed by atoms with Crippen molar-refractivity contribution in [3.8, 4) is 11.5 Å². The molecule has 1 aromatic carbocycles. The van der Waals surface area contributed by atoms with Crippen LogP contribution in [0.1, 0.15) is 63.4 Å². The Morgan fingerprint density at radius 2 is 1.69 bits per heavy atom. The maximum absolute atomic E-state index is 13.1. The van der Waals surface area contributed by atoms with Gasteiger partial charge in [0, 0.05) is 12.0 Å². The zero-order chi connectivity index (χ0) is 20.4. The van der Waals surface area contributed by atoms with E-state index in [1.54, 1.807) is 14.2 Å². The second kappa shape index (κ2) is 8.95. The third-order valence-electron chi connectivity index (χ3n) is 7.60. The fourth-order valence-corrected chi connectivity index (χ4v) is 5.93. The van der Waals surface area contributed by atoms with Crippen molar-refractivity contribution in [2.75, 3.05) is 27.3 Å². The fourth-order valence-electron chi connectivity index (χ4n) is 5.93. The summed E-state index contributed by atoms with van der Waals surface area (Å²) in [5.41, 5.74) is 1.27. The average Bonchev–Trinajstić information content (AvgIpc) is 2.77. The minimum Gasteiger partial charge on any atom is -0.493 e. The van der Waals surface area contributed by atoms with Crippen LogP contribution in [-0.4, -0.2) is 50.2 Å². The lowest BCUT2D eigenvalue weighted by molar-refractivity contribution is -0.130. The number of nitrogens with zero attached hydrogens (tertiary/aromatic N) is 1. The van der Waals surface area contributed by atoms with Gasteiger partial charge in [-0.05, 0) is 75.2 Å². The molecule has 29 heavy (non-hydrogen) atoms. The van der Waals surface area contributed by atoms with Gasteiger partial charge >= 0.3 is 0 Å². The first-order chi connectivity index (χ1) is 14.1. The van der Waals surface area contributed by atoms with E-state index in [2.05, 4.69) is 29.3 Å². The molecule has 3 fully saturated rings. The molecule has 1 N–H and O–H groups in total. The summed E-state index contributed by atoms with van der Waals surface area (Å²) in [6.45, 7) is 4.16. The van der Waals surface area contributed by atoms with Gasteiger partial charge in [0.1, 0.15) is 0 Å². The number of hydrogen-bond donors (Lipinski definition) is 1. The van der Waals surface area contributed by atoms with Crippen molar-refractivity contribution in [1.82, 2.24) is 10.2 Å². The maximum Gasteiger partial charge on any atom is 0.237 e. The summed E-state index contributed by atoms with van der Waals surface area (Å²) in [7, 11) is 3.36. The summed E-state index contributed by atoms with van der Waals surface area (Å²) >= 11 is 0. The molecule has 1 aliphatic heterocycles. The molecular weight excluding hydrogens is 364 g/mol. The number of hydrogen-bond acceptors (Lipinski definition) is 4. The number of carbonyl (C=O) groups excluding carboxylic acids is 1. The molecule has 1 saturated heterocycles. The highest BCUT2D eigenvalue weighted by Crippen LogP contribution is 2.55. The van der Waals surface area contributed by atoms with Gasteiger partial charge in [-0.3, -0.25) is 9.69 Å². The number of benzene rings is 1. The third kappa shape index (κ3) is 3.98. The molecule has 0 radical (unpaired) electrons.